The van der Waals surface area contributed by atoms with E-state index in [0.29, 0.717) is 5.89 Å². The molecule has 1 N–H and O–H groups in total. The maximum Gasteiger partial charge on any atom is 0.342 e. The summed E-state index contributed by atoms with van der Waals surface area (Å²) in [6.07, 6.45) is 1.66. The minimum atomic E-state index is 0.190. The molecule has 0 radical (unpaired) electrons. The molecule has 5 nitrogen and oxygen atoms in total. The van der Waals surface area contributed by atoms with Crippen LogP contribution in [0.3, 0.4) is 0 Å². The highest BCUT2D eigenvalue weighted by Crippen LogP contribution is 2.22. The Labute approximate surface area is 115 Å². The fraction of sp³-hybridized carbons (Fsp3) is 0. The van der Waals surface area contributed by atoms with Crippen molar-refractivity contribution in [3.8, 4) is 17.2 Å². The Kier molecular flexibility index (Phi) is 3.24. The average Bonchev–Trinajstić information content (AvgIpc) is 2.96. The number of aromatic nitrogens is 2. The molecule has 0 aliphatic heterocycles. The summed E-state index contributed by atoms with van der Waals surface area (Å²) in [4.78, 5) is 4.13. The first-order chi connectivity index (χ1) is 9.81. The number of hydrogen-bond acceptors (Lipinski definition) is 5. The van der Waals surface area contributed by atoms with Gasteiger partial charge in [0.25, 0.3) is 0 Å². The molecule has 0 fully saturated rings. The van der Waals surface area contributed by atoms with Crippen LogP contribution in [0.4, 0.5) is 6.01 Å². The van der Waals surface area contributed by atoms with Crippen LogP contribution >= 0.6 is 0 Å². The van der Waals surface area contributed by atoms with E-state index in [2.05, 4.69) is 15.2 Å². The van der Waals surface area contributed by atoms with Crippen molar-refractivity contribution < 1.29 is 9.52 Å². The van der Waals surface area contributed by atoms with Gasteiger partial charge in [-0.25, -0.2) is 4.99 Å². The van der Waals surface area contributed by atoms with Gasteiger partial charge in [0, 0.05) is 11.8 Å². The molecule has 0 spiro atoms. The molecule has 2 aromatic carbocycles. The van der Waals surface area contributed by atoms with Gasteiger partial charge < -0.3 is 9.52 Å². The van der Waals surface area contributed by atoms with Crippen molar-refractivity contribution in [2.24, 2.45) is 4.99 Å². The number of benzene rings is 2. The Morgan fingerprint density at radius 2 is 1.70 bits per heavy atom. The average molecular weight is 265 g/mol. The number of phenols is 1. The van der Waals surface area contributed by atoms with Gasteiger partial charge in [0.15, 0.2) is 0 Å². The van der Waals surface area contributed by atoms with Crippen molar-refractivity contribution in [1.82, 2.24) is 10.2 Å². The summed E-state index contributed by atoms with van der Waals surface area (Å²) < 4.78 is 5.43. The van der Waals surface area contributed by atoms with Crippen molar-refractivity contribution in [3.05, 3.63) is 60.2 Å². The van der Waals surface area contributed by atoms with Gasteiger partial charge in [-0.05, 0) is 29.8 Å². The van der Waals surface area contributed by atoms with Crippen LogP contribution in [0.25, 0.3) is 11.5 Å². The number of aromatic hydroxyl groups is 1. The van der Waals surface area contributed by atoms with Gasteiger partial charge in [-0.1, -0.05) is 35.4 Å². The molecule has 0 bridgehead atoms. The van der Waals surface area contributed by atoms with E-state index in [1.54, 1.807) is 30.5 Å². The number of rotatable bonds is 3. The summed E-state index contributed by atoms with van der Waals surface area (Å²) in [6.45, 7) is 0. The molecule has 5 heteroatoms. The summed E-state index contributed by atoms with van der Waals surface area (Å²) in [5, 5.41) is 17.0. The van der Waals surface area contributed by atoms with E-state index in [1.165, 1.54) is 0 Å². The zero-order valence-electron chi connectivity index (χ0n) is 10.5. The molecule has 0 aliphatic rings. The SMILES string of the molecule is Oc1ccc(-c2nnc(N=Cc3ccccc3)o2)cc1. The topological polar surface area (TPSA) is 71.5 Å². The van der Waals surface area contributed by atoms with Gasteiger partial charge in [0.2, 0.25) is 5.89 Å². The number of phenolic OH excluding ortho intramolecular Hbond substituents is 1. The first-order valence-corrected chi connectivity index (χ1v) is 6.03. The summed E-state index contributed by atoms with van der Waals surface area (Å²) in [6, 6.07) is 16.4. The minimum Gasteiger partial charge on any atom is -0.508 e. The summed E-state index contributed by atoms with van der Waals surface area (Å²) in [5.41, 5.74) is 1.69. The molecule has 0 aliphatic carbocycles. The lowest BCUT2D eigenvalue weighted by Gasteiger charge is -1.93. The Morgan fingerprint density at radius 3 is 2.45 bits per heavy atom. The van der Waals surface area contributed by atoms with Crippen LogP contribution in [-0.4, -0.2) is 21.5 Å². The lowest BCUT2D eigenvalue weighted by atomic mass is 10.2. The molecular formula is C15H11N3O2. The molecule has 0 unspecified atom stereocenters. The van der Waals surface area contributed by atoms with Crippen LogP contribution in [0.2, 0.25) is 0 Å². The highest BCUT2D eigenvalue weighted by Gasteiger charge is 2.07. The summed E-state index contributed by atoms with van der Waals surface area (Å²) in [5.74, 6) is 0.556. The maximum atomic E-state index is 9.23. The highest BCUT2D eigenvalue weighted by atomic mass is 16.4. The zero-order chi connectivity index (χ0) is 13.8. The van der Waals surface area contributed by atoms with Crippen LogP contribution in [0, 0.1) is 0 Å². The third-order valence-electron chi connectivity index (χ3n) is 2.65. The molecule has 3 aromatic rings. The van der Waals surface area contributed by atoms with Gasteiger partial charge in [0.05, 0.1) is 0 Å². The van der Waals surface area contributed by atoms with Crippen molar-refractivity contribution in [3.63, 3.8) is 0 Å². The van der Waals surface area contributed by atoms with Crippen molar-refractivity contribution >= 4 is 12.2 Å². The molecule has 0 saturated heterocycles. The largest absolute Gasteiger partial charge is 0.508 e. The molecule has 1 aromatic heterocycles. The standard InChI is InChI=1S/C15H11N3O2/c19-13-8-6-12(7-9-13)14-17-18-15(20-14)16-10-11-4-2-1-3-5-11/h1-10,19H. The Balaban J connectivity index is 1.80. The Morgan fingerprint density at radius 1 is 0.950 bits per heavy atom. The van der Waals surface area contributed by atoms with E-state index in [9.17, 15) is 5.11 Å². The van der Waals surface area contributed by atoms with Crippen LogP contribution in [0.5, 0.6) is 5.75 Å². The molecule has 0 amide bonds. The first kappa shape index (κ1) is 12.1. The van der Waals surface area contributed by atoms with E-state index in [4.69, 9.17) is 4.42 Å². The lowest BCUT2D eigenvalue weighted by molar-refractivity contribution is 0.475. The lowest BCUT2D eigenvalue weighted by Crippen LogP contribution is -1.77. The van der Waals surface area contributed by atoms with Gasteiger partial charge >= 0.3 is 6.01 Å². The second-order valence-electron chi connectivity index (χ2n) is 4.11. The summed E-state index contributed by atoms with van der Waals surface area (Å²) in [7, 11) is 0. The van der Waals surface area contributed by atoms with E-state index >= 15 is 0 Å². The van der Waals surface area contributed by atoms with Crippen LogP contribution in [-0.2, 0) is 0 Å². The molecule has 1 heterocycles. The molecular weight excluding hydrogens is 254 g/mol. The smallest absolute Gasteiger partial charge is 0.342 e. The molecule has 3 rings (SSSR count). The van der Waals surface area contributed by atoms with Crippen LogP contribution in [0.1, 0.15) is 5.56 Å². The quantitative estimate of drug-likeness (QED) is 0.738. The van der Waals surface area contributed by atoms with E-state index in [-0.39, 0.29) is 11.8 Å². The summed E-state index contributed by atoms with van der Waals surface area (Å²) >= 11 is 0. The van der Waals surface area contributed by atoms with E-state index in [1.807, 2.05) is 30.3 Å². The Bertz CT molecular complexity index is 718. The third kappa shape index (κ3) is 2.72. The monoisotopic (exact) mass is 265 g/mol. The van der Waals surface area contributed by atoms with Gasteiger partial charge in [-0.2, -0.15) is 0 Å². The fourth-order valence-corrected chi connectivity index (χ4v) is 1.66. The second-order valence-corrected chi connectivity index (χ2v) is 4.11. The normalized spacial score (nSPS) is 11.0. The first-order valence-electron chi connectivity index (χ1n) is 6.03. The zero-order valence-corrected chi connectivity index (χ0v) is 10.5. The Hall–Kier alpha value is -2.95. The van der Waals surface area contributed by atoms with E-state index < -0.39 is 0 Å². The predicted octanol–water partition coefficient (Wildman–Crippen LogP) is 3.19. The molecule has 20 heavy (non-hydrogen) atoms. The van der Waals surface area contributed by atoms with Crippen molar-refractivity contribution in [2.45, 2.75) is 0 Å². The molecule has 0 atom stereocenters. The number of nitrogens with zero attached hydrogens (tertiary/aromatic N) is 3. The van der Waals surface area contributed by atoms with Crippen molar-refractivity contribution in [2.75, 3.05) is 0 Å². The third-order valence-corrected chi connectivity index (χ3v) is 2.65. The minimum absolute atomic E-state index is 0.190. The van der Waals surface area contributed by atoms with Gasteiger partial charge in [-0.15, -0.1) is 5.10 Å². The van der Waals surface area contributed by atoms with Crippen LogP contribution in [0.15, 0.2) is 64.0 Å². The van der Waals surface area contributed by atoms with Gasteiger partial charge in [0.1, 0.15) is 5.75 Å². The number of hydrogen-bond donors (Lipinski definition) is 1. The van der Waals surface area contributed by atoms with Crippen molar-refractivity contribution in [1.29, 1.82) is 0 Å². The van der Waals surface area contributed by atoms with E-state index in [0.717, 1.165) is 11.1 Å². The molecule has 98 valence electrons. The molecule has 0 saturated carbocycles. The fourth-order valence-electron chi connectivity index (χ4n) is 1.66. The predicted molar refractivity (Wildman–Crippen MR) is 75.1 cm³/mol. The highest BCUT2D eigenvalue weighted by molar-refractivity contribution is 5.80. The second kappa shape index (κ2) is 5.36. The van der Waals surface area contributed by atoms with Gasteiger partial charge in [-0.3, -0.25) is 0 Å². The maximum absolute atomic E-state index is 9.23. The van der Waals surface area contributed by atoms with Crippen LogP contribution < -0.4 is 0 Å². The number of aliphatic imine (C=N–C) groups is 1.